The first kappa shape index (κ1) is 14.1. The van der Waals surface area contributed by atoms with E-state index in [9.17, 15) is 4.79 Å². The fourth-order valence-corrected chi connectivity index (χ4v) is 1.75. The third-order valence-electron chi connectivity index (χ3n) is 2.90. The van der Waals surface area contributed by atoms with E-state index < -0.39 is 0 Å². The number of anilines is 1. The number of carbonyl (C=O) groups is 1. The second-order valence-corrected chi connectivity index (χ2v) is 3.99. The molecule has 3 N–H and O–H groups in total. The maximum atomic E-state index is 12.0. The van der Waals surface area contributed by atoms with E-state index in [-0.39, 0.29) is 11.6 Å². The Bertz CT molecular complexity index is 422. The lowest BCUT2D eigenvalue weighted by molar-refractivity contribution is -0.113. The SMILES string of the molecule is CCN(CC)/C(C)=C(\N)C(=O)Nc1ccccc1. The van der Waals surface area contributed by atoms with E-state index in [0.717, 1.165) is 24.5 Å². The van der Waals surface area contributed by atoms with Gasteiger partial charge in [0, 0.05) is 24.5 Å². The molecule has 0 unspecified atom stereocenters. The molecule has 1 amide bonds. The zero-order valence-electron chi connectivity index (χ0n) is 11.2. The van der Waals surface area contributed by atoms with E-state index in [4.69, 9.17) is 5.73 Å². The average Bonchev–Trinajstić information content (AvgIpc) is 2.40. The molecule has 18 heavy (non-hydrogen) atoms. The van der Waals surface area contributed by atoms with E-state index in [1.165, 1.54) is 0 Å². The molecule has 0 fully saturated rings. The smallest absolute Gasteiger partial charge is 0.273 e. The molecular formula is C14H21N3O. The van der Waals surface area contributed by atoms with Gasteiger partial charge in [0.25, 0.3) is 5.91 Å². The highest BCUT2D eigenvalue weighted by atomic mass is 16.2. The number of nitrogens with two attached hydrogens (primary N) is 1. The Balaban J connectivity index is 2.80. The summed E-state index contributed by atoms with van der Waals surface area (Å²) in [5, 5.41) is 2.78. The molecule has 1 rings (SSSR count). The number of hydrogen-bond acceptors (Lipinski definition) is 3. The van der Waals surface area contributed by atoms with E-state index in [0.29, 0.717) is 0 Å². The molecule has 0 atom stereocenters. The van der Waals surface area contributed by atoms with Crippen LogP contribution < -0.4 is 11.1 Å². The zero-order valence-corrected chi connectivity index (χ0v) is 11.2. The highest BCUT2D eigenvalue weighted by Crippen LogP contribution is 2.10. The summed E-state index contributed by atoms with van der Waals surface area (Å²) in [7, 11) is 0. The van der Waals surface area contributed by atoms with Gasteiger partial charge in [0.2, 0.25) is 0 Å². The molecule has 1 aromatic rings. The molecule has 4 nitrogen and oxygen atoms in total. The number of rotatable bonds is 5. The quantitative estimate of drug-likeness (QED) is 0.784. The minimum absolute atomic E-state index is 0.259. The molecule has 4 heteroatoms. The minimum Gasteiger partial charge on any atom is -0.393 e. The van der Waals surface area contributed by atoms with Gasteiger partial charge in [-0.25, -0.2) is 0 Å². The summed E-state index contributed by atoms with van der Waals surface area (Å²) in [6, 6.07) is 9.30. The molecule has 0 heterocycles. The monoisotopic (exact) mass is 247 g/mol. The summed E-state index contributed by atoms with van der Waals surface area (Å²) in [6.07, 6.45) is 0. The topological polar surface area (TPSA) is 58.4 Å². The van der Waals surface area contributed by atoms with Gasteiger partial charge in [0.15, 0.2) is 0 Å². The number of para-hydroxylation sites is 1. The van der Waals surface area contributed by atoms with Crippen molar-refractivity contribution in [3.05, 3.63) is 41.7 Å². The lowest BCUT2D eigenvalue weighted by Gasteiger charge is -2.23. The molecule has 0 aliphatic rings. The summed E-state index contributed by atoms with van der Waals surface area (Å²) in [4.78, 5) is 14.0. The van der Waals surface area contributed by atoms with Crippen LogP contribution in [0.4, 0.5) is 5.69 Å². The van der Waals surface area contributed by atoms with Crippen molar-refractivity contribution < 1.29 is 4.79 Å². The molecule has 0 bridgehead atoms. The normalized spacial score (nSPS) is 11.7. The van der Waals surface area contributed by atoms with Crippen LogP contribution in [-0.2, 0) is 4.79 Å². The van der Waals surface area contributed by atoms with Crippen LogP contribution in [-0.4, -0.2) is 23.9 Å². The van der Waals surface area contributed by atoms with Crippen LogP contribution in [0.15, 0.2) is 41.7 Å². The zero-order chi connectivity index (χ0) is 13.5. The molecule has 0 aliphatic carbocycles. The van der Waals surface area contributed by atoms with Crippen molar-refractivity contribution in [2.75, 3.05) is 18.4 Å². The lowest BCUT2D eigenvalue weighted by atomic mass is 10.2. The van der Waals surface area contributed by atoms with Crippen LogP contribution >= 0.6 is 0 Å². The third-order valence-corrected chi connectivity index (χ3v) is 2.90. The van der Waals surface area contributed by atoms with Gasteiger partial charge in [-0.2, -0.15) is 0 Å². The molecule has 0 aromatic heterocycles. The highest BCUT2D eigenvalue weighted by Gasteiger charge is 2.12. The summed E-state index contributed by atoms with van der Waals surface area (Å²) in [6.45, 7) is 7.61. The molecule has 98 valence electrons. The van der Waals surface area contributed by atoms with Crippen LogP contribution in [0, 0.1) is 0 Å². The summed E-state index contributed by atoms with van der Waals surface area (Å²) >= 11 is 0. The fraction of sp³-hybridized carbons (Fsp3) is 0.357. The van der Waals surface area contributed by atoms with Gasteiger partial charge >= 0.3 is 0 Å². The Morgan fingerprint density at radius 2 is 1.78 bits per heavy atom. The molecule has 0 aliphatic heterocycles. The second kappa shape index (κ2) is 6.69. The van der Waals surface area contributed by atoms with E-state index in [1.54, 1.807) is 0 Å². The Labute approximate surface area is 108 Å². The maximum absolute atomic E-state index is 12.0. The van der Waals surface area contributed by atoms with Gasteiger partial charge in [-0.05, 0) is 32.9 Å². The number of amides is 1. The maximum Gasteiger partial charge on any atom is 0.273 e. The van der Waals surface area contributed by atoms with Crippen molar-refractivity contribution in [2.45, 2.75) is 20.8 Å². The van der Waals surface area contributed by atoms with Crippen molar-refractivity contribution >= 4 is 11.6 Å². The minimum atomic E-state index is -0.259. The van der Waals surface area contributed by atoms with Crippen molar-refractivity contribution in [3.8, 4) is 0 Å². The van der Waals surface area contributed by atoms with Gasteiger partial charge in [-0.1, -0.05) is 18.2 Å². The Morgan fingerprint density at radius 1 is 1.22 bits per heavy atom. The standard InChI is InChI=1S/C14H21N3O/c1-4-17(5-2)11(3)13(15)14(18)16-12-9-7-6-8-10-12/h6-10H,4-5,15H2,1-3H3,(H,16,18)/b13-11-. The van der Waals surface area contributed by atoms with Crippen molar-refractivity contribution in [2.24, 2.45) is 5.73 Å². The van der Waals surface area contributed by atoms with Crippen molar-refractivity contribution in [3.63, 3.8) is 0 Å². The largest absolute Gasteiger partial charge is 0.393 e. The first-order valence-electron chi connectivity index (χ1n) is 6.17. The highest BCUT2D eigenvalue weighted by molar-refractivity contribution is 6.03. The number of benzene rings is 1. The van der Waals surface area contributed by atoms with Gasteiger partial charge in [-0.3, -0.25) is 4.79 Å². The van der Waals surface area contributed by atoms with Crippen molar-refractivity contribution in [1.82, 2.24) is 4.90 Å². The molecule has 0 radical (unpaired) electrons. The number of allylic oxidation sites excluding steroid dienone is 1. The van der Waals surface area contributed by atoms with Gasteiger partial charge in [0.05, 0.1) is 0 Å². The van der Waals surface area contributed by atoms with E-state index >= 15 is 0 Å². The van der Waals surface area contributed by atoms with Crippen LogP contribution in [0.5, 0.6) is 0 Å². The van der Waals surface area contributed by atoms with Gasteiger partial charge in [0.1, 0.15) is 5.70 Å². The predicted octanol–water partition coefficient (Wildman–Crippen LogP) is 2.16. The van der Waals surface area contributed by atoms with E-state index in [1.807, 2.05) is 51.1 Å². The molecule has 0 saturated carbocycles. The Hall–Kier alpha value is -1.97. The first-order valence-corrected chi connectivity index (χ1v) is 6.17. The number of carbonyl (C=O) groups excluding carboxylic acids is 1. The summed E-state index contributed by atoms with van der Waals surface area (Å²) in [5.74, 6) is -0.259. The average molecular weight is 247 g/mol. The number of nitrogens with zero attached hydrogens (tertiary/aromatic N) is 1. The number of nitrogens with one attached hydrogen (secondary N) is 1. The van der Waals surface area contributed by atoms with Crippen LogP contribution in [0.1, 0.15) is 20.8 Å². The van der Waals surface area contributed by atoms with Crippen molar-refractivity contribution in [1.29, 1.82) is 0 Å². The lowest BCUT2D eigenvalue weighted by Crippen LogP contribution is -2.29. The molecule has 1 aromatic carbocycles. The van der Waals surface area contributed by atoms with E-state index in [2.05, 4.69) is 10.2 Å². The predicted molar refractivity (Wildman–Crippen MR) is 74.9 cm³/mol. The van der Waals surface area contributed by atoms with Crippen LogP contribution in [0.3, 0.4) is 0 Å². The summed E-state index contributed by atoms with van der Waals surface area (Å²) in [5.41, 5.74) is 7.71. The Morgan fingerprint density at radius 3 is 2.28 bits per heavy atom. The first-order chi connectivity index (χ1) is 8.60. The van der Waals surface area contributed by atoms with Gasteiger partial charge in [-0.15, -0.1) is 0 Å². The molecule has 0 spiro atoms. The van der Waals surface area contributed by atoms with Gasteiger partial charge < -0.3 is 16.0 Å². The molecular weight excluding hydrogens is 226 g/mol. The van der Waals surface area contributed by atoms with Crippen LogP contribution in [0.2, 0.25) is 0 Å². The second-order valence-electron chi connectivity index (χ2n) is 3.99. The van der Waals surface area contributed by atoms with Crippen LogP contribution in [0.25, 0.3) is 0 Å². The Kier molecular flexibility index (Phi) is 5.24. The fourth-order valence-electron chi connectivity index (χ4n) is 1.75. The third kappa shape index (κ3) is 3.52. The number of hydrogen-bond donors (Lipinski definition) is 2. The summed E-state index contributed by atoms with van der Waals surface area (Å²) < 4.78 is 0. The molecule has 0 saturated heterocycles.